The van der Waals surface area contributed by atoms with Gasteiger partial charge in [-0.15, -0.1) is 0 Å². The van der Waals surface area contributed by atoms with Gasteiger partial charge in [-0.3, -0.25) is 4.79 Å². The first-order chi connectivity index (χ1) is 11.0. The first kappa shape index (κ1) is 17.3. The normalized spacial score (nSPS) is 17.7. The van der Waals surface area contributed by atoms with E-state index in [0.29, 0.717) is 25.4 Å². The summed E-state index contributed by atoms with van der Waals surface area (Å²) in [6, 6.07) is 5.89. The van der Waals surface area contributed by atoms with Gasteiger partial charge in [-0.05, 0) is 55.9 Å². The molecule has 1 heterocycles. The van der Waals surface area contributed by atoms with Crippen molar-refractivity contribution in [1.82, 2.24) is 10.2 Å². The number of urea groups is 1. The molecule has 2 rings (SSSR count). The van der Waals surface area contributed by atoms with Gasteiger partial charge in [-0.1, -0.05) is 13.0 Å². The highest BCUT2D eigenvalue weighted by molar-refractivity contribution is 5.89. The average molecular weight is 317 g/mol. The van der Waals surface area contributed by atoms with Crippen LogP contribution >= 0.6 is 0 Å². The smallest absolute Gasteiger partial charge is 0.321 e. The summed E-state index contributed by atoms with van der Waals surface area (Å²) < 4.78 is 0. The molecule has 0 saturated carbocycles. The minimum atomic E-state index is -0.0558. The summed E-state index contributed by atoms with van der Waals surface area (Å²) in [5, 5.41) is 5.90. The molecule has 1 fully saturated rings. The second kappa shape index (κ2) is 7.99. The molecule has 1 saturated heterocycles. The fourth-order valence-electron chi connectivity index (χ4n) is 2.82. The number of likely N-dealkylation sites (tertiary alicyclic amines) is 1. The monoisotopic (exact) mass is 317 g/mol. The van der Waals surface area contributed by atoms with Crippen molar-refractivity contribution in [2.45, 2.75) is 40.0 Å². The molecule has 0 unspecified atom stereocenters. The number of nitrogens with one attached hydrogen (secondary N) is 2. The van der Waals surface area contributed by atoms with Gasteiger partial charge in [-0.25, -0.2) is 4.79 Å². The molecule has 1 aliphatic heterocycles. The Morgan fingerprint density at radius 1 is 1.26 bits per heavy atom. The molecular weight excluding hydrogens is 290 g/mol. The van der Waals surface area contributed by atoms with Crippen LogP contribution in [0.3, 0.4) is 0 Å². The zero-order valence-electron chi connectivity index (χ0n) is 14.3. The van der Waals surface area contributed by atoms with Crippen molar-refractivity contribution < 1.29 is 9.59 Å². The maximum Gasteiger partial charge on any atom is 0.321 e. The van der Waals surface area contributed by atoms with Gasteiger partial charge in [0.1, 0.15) is 0 Å². The number of anilines is 1. The molecular formula is C18H27N3O2. The number of hydrogen-bond acceptors (Lipinski definition) is 2. The minimum Gasteiger partial charge on any atom is -0.356 e. The van der Waals surface area contributed by atoms with E-state index in [1.54, 1.807) is 0 Å². The summed E-state index contributed by atoms with van der Waals surface area (Å²) in [5.41, 5.74) is 3.22. The van der Waals surface area contributed by atoms with E-state index in [2.05, 4.69) is 17.6 Å². The van der Waals surface area contributed by atoms with Crippen molar-refractivity contribution in [2.24, 2.45) is 5.92 Å². The van der Waals surface area contributed by atoms with Crippen molar-refractivity contribution >= 4 is 17.6 Å². The lowest BCUT2D eigenvalue weighted by atomic mass is 9.98. The van der Waals surface area contributed by atoms with Gasteiger partial charge in [0.2, 0.25) is 5.91 Å². The van der Waals surface area contributed by atoms with Crippen molar-refractivity contribution in [3.05, 3.63) is 29.3 Å². The zero-order valence-corrected chi connectivity index (χ0v) is 14.3. The van der Waals surface area contributed by atoms with Crippen LogP contribution in [0.4, 0.5) is 10.5 Å². The van der Waals surface area contributed by atoms with Gasteiger partial charge in [0.05, 0.1) is 0 Å². The summed E-state index contributed by atoms with van der Waals surface area (Å²) in [7, 11) is 0. The third-order valence-corrected chi connectivity index (χ3v) is 4.47. The zero-order chi connectivity index (χ0) is 16.8. The van der Waals surface area contributed by atoms with Crippen LogP contribution in [-0.2, 0) is 4.79 Å². The quantitative estimate of drug-likeness (QED) is 0.896. The highest BCUT2D eigenvalue weighted by atomic mass is 16.2. The van der Waals surface area contributed by atoms with Crippen molar-refractivity contribution in [3.63, 3.8) is 0 Å². The molecule has 0 bridgehead atoms. The van der Waals surface area contributed by atoms with Gasteiger partial charge in [0.15, 0.2) is 0 Å². The maximum absolute atomic E-state index is 12.4. The molecule has 0 radical (unpaired) electrons. The van der Waals surface area contributed by atoms with E-state index in [1.807, 2.05) is 36.9 Å². The number of rotatable bonds is 4. The second-order valence-corrected chi connectivity index (χ2v) is 6.34. The Morgan fingerprint density at radius 2 is 2.04 bits per heavy atom. The molecule has 0 aromatic heterocycles. The highest BCUT2D eigenvalue weighted by Gasteiger charge is 2.24. The molecule has 5 nitrogen and oxygen atoms in total. The number of piperidine rings is 1. The van der Waals surface area contributed by atoms with Gasteiger partial charge in [0, 0.05) is 31.7 Å². The molecule has 1 aromatic rings. The molecule has 0 spiro atoms. The van der Waals surface area contributed by atoms with Crippen LogP contribution in [0.5, 0.6) is 0 Å². The summed E-state index contributed by atoms with van der Waals surface area (Å²) in [4.78, 5) is 25.6. The van der Waals surface area contributed by atoms with E-state index in [4.69, 9.17) is 0 Å². The summed E-state index contributed by atoms with van der Waals surface area (Å²) in [6.07, 6.45) is 2.54. The molecule has 126 valence electrons. The Balaban J connectivity index is 1.88. The van der Waals surface area contributed by atoms with E-state index >= 15 is 0 Å². The molecule has 0 aliphatic carbocycles. The van der Waals surface area contributed by atoms with Gasteiger partial charge in [-0.2, -0.15) is 0 Å². The second-order valence-electron chi connectivity index (χ2n) is 6.34. The van der Waals surface area contributed by atoms with Crippen molar-refractivity contribution in [2.75, 3.05) is 25.0 Å². The number of carbonyl (C=O) groups is 2. The van der Waals surface area contributed by atoms with Gasteiger partial charge >= 0.3 is 6.03 Å². The Kier molecular flexibility index (Phi) is 6.02. The molecule has 23 heavy (non-hydrogen) atoms. The number of nitrogens with zero attached hydrogens (tertiary/aromatic N) is 1. The largest absolute Gasteiger partial charge is 0.356 e. The molecule has 2 N–H and O–H groups in total. The summed E-state index contributed by atoms with van der Waals surface area (Å²) >= 11 is 0. The van der Waals surface area contributed by atoms with E-state index in [1.165, 1.54) is 11.1 Å². The fraction of sp³-hybridized carbons (Fsp3) is 0.556. The Hall–Kier alpha value is -2.04. The fourth-order valence-corrected chi connectivity index (χ4v) is 2.82. The third kappa shape index (κ3) is 4.98. The first-order valence-corrected chi connectivity index (χ1v) is 8.39. The van der Waals surface area contributed by atoms with Crippen LogP contribution in [0.2, 0.25) is 0 Å². The van der Waals surface area contributed by atoms with Gasteiger partial charge < -0.3 is 15.5 Å². The first-order valence-electron chi connectivity index (χ1n) is 8.39. The number of carbonyl (C=O) groups excluding carboxylic acids is 2. The SMILES string of the molecule is CCC(=O)NC[C@H]1CCCN(C(=O)Nc2ccc(C)c(C)c2)C1. The van der Waals surface area contributed by atoms with Crippen LogP contribution in [0.1, 0.15) is 37.3 Å². The Labute approximate surface area is 138 Å². The molecule has 3 amide bonds. The third-order valence-electron chi connectivity index (χ3n) is 4.47. The number of benzene rings is 1. The summed E-state index contributed by atoms with van der Waals surface area (Å²) in [6.45, 7) is 8.06. The van der Waals surface area contributed by atoms with Crippen LogP contribution in [-0.4, -0.2) is 36.5 Å². The maximum atomic E-state index is 12.4. The highest BCUT2D eigenvalue weighted by Crippen LogP contribution is 2.19. The van der Waals surface area contributed by atoms with E-state index in [-0.39, 0.29) is 11.9 Å². The lowest BCUT2D eigenvalue weighted by Crippen LogP contribution is -2.45. The molecule has 5 heteroatoms. The molecule has 1 aliphatic rings. The minimum absolute atomic E-state index is 0.0558. The predicted molar refractivity (Wildman–Crippen MR) is 92.5 cm³/mol. The van der Waals surface area contributed by atoms with Crippen LogP contribution in [0.15, 0.2) is 18.2 Å². The number of aryl methyl sites for hydroxylation is 2. The standard InChI is InChI=1S/C18H27N3O2/c1-4-17(22)19-11-15-6-5-9-21(12-15)18(23)20-16-8-7-13(2)14(3)10-16/h7-8,10,15H,4-6,9,11-12H2,1-3H3,(H,19,22)(H,20,23)/t15-/m1/s1. The van der Waals surface area contributed by atoms with E-state index in [9.17, 15) is 9.59 Å². The van der Waals surface area contributed by atoms with Gasteiger partial charge in [0.25, 0.3) is 0 Å². The van der Waals surface area contributed by atoms with Crippen LogP contribution < -0.4 is 10.6 Å². The van der Waals surface area contributed by atoms with Crippen molar-refractivity contribution in [1.29, 1.82) is 0 Å². The Morgan fingerprint density at radius 3 is 2.74 bits per heavy atom. The predicted octanol–water partition coefficient (Wildman–Crippen LogP) is 3.07. The van der Waals surface area contributed by atoms with E-state index in [0.717, 1.165) is 25.1 Å². The van der Waals surface area contributed by atoms with Crippen molar-refractivity contribution in [3.8, 4) is 0 Å². The van der Waals surface area contributed by atoms with Crippen LogP contribution in [0.25, 0.3) is 0 Å². The van der Waals surface area contributed by atoms with E-state index < -0.39 is 0 Å². The molecule has 1 aromatic carbocycles. The average Bonchev–Trinajstić information content (AvgIpc) is 2.56. The topological polar surface area (TPSA) is 61.4 Å². The Bertz CT molecular complexity index is 571. The summed E-state index contributed by atoms with van der Waals surface area (Å²) in [5.74, 6) is 0.409. The number of amides is 3. The number of hydrogen-bond donors (Lipinski definition) is 2. The lowest BCUT2D eigenvalue weighted by Gasteiger charge is -2.33. The van der Waals surface area contributed by atoms with Crippen LogP contribution in [0, 0.1) is 19.8 Å². The lowest BCUT2D eigenvalue weighted by molar-refractivity contribution is -0.121. The molecule has 1 atom stereocenters.